The molecule has 4 nitrogen and oxygen atoms in total. The van der Waals surface area contributed by atoms with E-state index >= 15 is 0 Å². The van der Waals surface area contributed by atoms with Gasteiger partial charge in [-0.3, -0.25) is 5.41 Å². The average Bonchev–Trinajstić information content (AvgIpc) is 3.06. The van der Waals surface area contributed by atoms with Crippen LogP contribution in [0.25, 0.3) is 10.8 Å². The molecular weight excluding hydrogens is 534 g/mol. The van der Waals surface area contributed by atoms with Crippen LogP contribution in [0.1, 0.15) is 38.3 Å². The molecule has 1 heterocycles. The molecule has 34 heavy (non-hydrogen) atoms. The molecule has 2 aliphatic rings. The number of allylic oxidation sites excluding steroid dienone is 2. The fourth-order valence-corrected chi connectivity index (χ4v) is 4.74. The molecule has 172 valence electrons. The lowest BCUT2D eigenvalue weighted by Crippen LogP contribution is -2.38. The highest BCUT2D eigenvalue weighted by molar-refractivity contribution is 14.1. The van der Waals surface area contributed by atoms with Crippen LogP contribution in [-0.4, -0.2) is 28.1 Å². The summed E-state index contributed by atoms with van der Waals surface area (Å²) < 4.78 is 12.1. The lowest BCUT2D eigenvalue weighted by molar-refractivity contribution is 0.0726. The molecule has 0 amide bonds. The fraction of sp³-hybridized carbons (Fsp3) is 0.250. The van der Waals surface area contributed by atoms with Gasteiger partial charge in [0.15, 0.2) is 0 Å². The van der Waals surface area contributed by atoms with Crippen molar-refractivity contribution in [3.63, 3.8) is 0 Å². The van der Waals surface area contributed by atoms with Crippen molar-refractivity contribution in [3.05, 3.63) is 96.1 Å². The Morgan fingerprint density at radius 1 is 1.03 bits per heavy atom. The first-order chi connectivity index (χ1) is 16.2. The van der Waals surface area contributed by atoms with Gasteiger partial charge in [-0.1, -0.05) is 85.0 Å². The molecule has 3 aromatic carbocycles. The van der Waals surface area contributed by atoms with Crippen molar-refractivity contribution in [1.29, 1.82) is 5.41 Å². The molecule has 2 N–H and O–H groups in total. The van der Waals surface area contributed by atoms with Crippen molar-refractivity contribution >= 4 is 57.3 Å². The molecule has 2 unspecified atom stereocenters. The second-order valence-corrected chi connectivity index (χ2v) is 11.6. The van der Waals surface area contributed by atoms with Gasteiger partial charge in [0.05, 0.1) is 17.0 Å². The van der Waals surface area contributed by atoms with Gasteiger partial charge in [0.2, 0.25) is 0 Å². The van der Waals surface area contributed by atoms with Crippen LogP contribution in [0.5, 0.6) is 0 Å². The second kappa shape index (κ2) is 8.98. The van der Waals surface area contributed by atoms with E-state index in [2.05, 4.69) is 82.5 Å². The van der Waals surface area contributed by atoms with Crippen molar-refractivity contribution in [1.82, 2.24) is 0 Å². The van der Waals surface area contributed by atoms with E-state index in [1.54, 1.807) is 0 Å². The van der Waals surface area contributed by atoms with E-state index < -0.39 is 16.3 Å². The van der Waals surface area contributed by atoms with Gasteiger partial charge in [-0.15, -0.1) is 0 Å². The number of nitrogens with one attached hydrogen (secondary N) is 2. The van der Waals surface area contributed by atoms with E-state index in [4.69, 9.17) is 9.31 Å². The van der Waals surface area contributed by atoms with Crippen molar-refractivity contribution in [2.24, 2.45) is 0 Å². The van der Waals surface area contributed by atoms with Crippen LogP contribution in [0.15, 0.2) is 85.0 Å². The molecule has 0 spiro atoms. The first-order valence-electron chi connectivity index (χ1n) is 11.6. The number of benzene rings is 3. The molecule has 6 heteroatoms. The molecule has 1 aliphatic heterocycles. The van der Waals surface area contributed by atoms with Gasteiger partial charge in [-0.2, -0.15) is 0 Å². The Balaban J connectivity index is 1.52. The van der Waals surface area contributed by atoms with Crippen molar-refractivity contribution in [3.8, 4) is 0 Å². The summed E-state index contributed by atoms with van der Waals surface area (Å²) in [6.07, 6.45) is 9.41. The molecule has 0 aromatic heterocycles. The Morgan fingerprint density at radius 2 is 1.85 bits per heavy atom. The molecule has 0 bridgehead atoms. The number of fused-ring (bicyclic) bond motifs is 1. The lowest BCUT2D eigenvalue weighted by atomic mass is 9.78. The first-order valence-corrected chi connectivity index (χ1v) is 12.7. The second-order valence-electron chi connectivity index (χ2n) is 9.50. The molecule has 1 fully saturated rings. The molecule has 1 aliphatic carbocycles. The summed E-state index contributed by atoms with van der Waals surface area (Å²) in [5.41, 5.74) is 3.69. The normalized spacial score (nSPS) is 23.4. The van der Waals surface area contributed by atoms with Gasteiger partial charge in [0.25, 0.3) is 0 Å². The summed E-state index contributed by atoms with van der Waals surface area (Å²) >= 11 is 2.31. The minimum absolute atomic E-state index is 0.192. The summed E-state index contributed by atoms with van der Waals surface area (Å²) in [5.74, 6) is 0. The van der Waals surface area contributed by atoms with Crippen LogP contribution >= 0.6 is 22.6 Å². The van der Waals surface area contributed by atoms with Crippen LogP contribution in [0.4, 0.5) is 5.69 Å². The molecule has 3 aromatic rings. The Bertz CT molecular complexity index is 1300. The lowest BCUT2D eigenvalue weighted by Gasteiger charge is -2.30. The summed E-state index contributed by atoms with van der Waals surface area (Å²) in [5, 5.41) is 15.2. The summed E-state index contributed by atoms with van der Waals surface area (Å²) in [6, 6.07) is 20.7. The van der Waals surface area contributed by atoms with E-state index in [-0.39, 0.29) is 6.04 Å². The predicted octanol–water partition coefficient (Wildman–Crippen LogP) is 6.22. The van der Waals surface area contributed by atoms with Gasteiger partial charge < -0.3 is 14.6 Å². The number of anilines is 1. The predicted molar refractivity (Wildman–Crippen MR) is 151 cm³/mol. The van der Waals surface area contributed by atoms with Crippen LogP contribution in [0, 0.1) is 5.41 Å². The van der Waals surface area contributed by atoms with Gasteiger partial charge in [-0.05, 0) is 66.2 Å². The van der Waals surface area contributed by atoms with Gasteiger partial charge >= 0.3 is 7.12 Å². The SMILES string of the molecule is CC1(C)OB(c2cccc(C(=N)c3ccc4ccccc4c3NC3C=CC=CC3)c2)OC1(C)I. The number of halogens is 1. The summed E-state index contributed by atoms with van der Waals surface area (Å²) in [7, 11) is -0.460. The number of hydrogen-bond donors (Lipinski definition) is 2. The quantitative estimate of drug-likeness (QED) is 0.168. The van der Waals surface area contributed by atoms with Crippen molar-refractivity contribution in [2.45, 2.75) is 42.4 Å². The smallest absolute Gasteiger partial charge is 0.398 e. The largest absolute Gasteiger partial charge is 0.495 e. The summed E-state index contributed by atoms with van der Waals surface area (Å²) in [6.45, 7) is 6.14. The third-order valence-electron chi connectivity index (χ3n) is 6.76. The Labute approximate surface area is 215 Å². The van der Waals surface area contributed by atoms with E-state index in [0.29, 0.717) is 5.71 Å². The standard InChI is InChI=1S/C28H28BIN2O2/c1-27(2)28(3,30)34-29(33-27)21-12-9-11-20(18-21)25(31)24-17-16-19-10-7-8-15-23(19)26(24)32-22-13-5-4-6-14-22/h4-13,15-18,22,31-32H,14H2,1-3H3. The van der Waals surface area contributed by atoms with E-state index in [0.717, 1.165) is 39.5 Å². The van der Waals surface area contributed by atoms with Gasteiger partial charge in [-0.25, -0.2) is 0 Å². The highest BCUT2D eigenvalue weighted by Gasteiger charge is 2.53. The van der Waals surface area contributed by atoms with E-state index in [1.807, 2.05) is 51.1 Å². The van der Waals surface area contributed by atoms with Crippen LogP contribution in [-0.2, 0) is 9.31 Å². The minimum atomic E-state index is -0.460. The Hall–Kier alpha value is -2.42. The zero-order chi connectivity index (χ0) is 23.9. The monoisotopic (exact) mass is 562 g/mol. The summed E-state index contributed by atoms with van der Waals surface area (Å²) in [4.78, 5) is 0. The number of hydrogen-bond acceptors (Lipinski definition) is 4. The maximum atomic E-state index is 9.17. The Morgan fingerprint density at radius 3 is 2.59 bits per heavy atom. The zero-order valence-electron chi connectivity index (χ0n) is 19.6. The molecule has 5 rings (SSSR count). The van der Waals surface area contributed by atoms with Crippen molar-refractivity contribution < 1.29 is 9.31 Å². The highest BCUT2D eigenvalue weighted by Crippen LogP contribution is 2.42. The minimum Gasteiger partial charge on any atom is -0.398 e. The van der Waals surface area contributed by atoms with Gasteiger partial charge in [0.1, 0.15) is 3.61 Å². The molecule has 0 radical (unpaired) electrons. The molecular formula is C28H28BIN2O2. The number of rotatable bonds is 5. The maximum absolute atomic E-state index is 9.17. The van der Waals surface area contributed by atoms with Gasteiger partial charge in [0, 0.05) is 17.0 Å². The topological polar surface area (TPSA) is 54.3 Å². The third kappa shape index (κ3) is 4.35. The van der Waals surface area contributed by atoms with Crippen LogP contribution in [0.3, 0.4) is 0 Å². The van der Waals surface area contributed by atoms with E-state index in [9.17, 15) is 5.41 Å². The fourth-order valence-electron chi connectivity index (χ4n) is 4.38. The molecule has 2 atom stereocenters. The van der Waals surface area contributed by atoms with Crippen molar-refractivity contribution in [2.75, 3.05) is 5.32 Å². The van der Waals surface area contributed by atoms with Crippen LogP contribution in [0.2, 0.25) is 0 Å². The zero-order valence-corrected chi connectivity index (χ0v) is 21.8. The molecule has 1 saturated heterocycles. The Kier molecular flexibility index (Phi) is 6.17. The third-order valence-corrected chi connectivity index (χ3v) is 8.31. The number of alkyl halides is 1. The maximum Gasteiger partial charge on any atom is 0.495 e. The molecule has 0 saturated carbocycles. The van der Waals surface area contributed by atoms with E-state index in [1.165, 1.54) is 0 Å². The average molecular weight is 562 g/mol. The van der Waals surface area contributed by atoms with Crippen LogP contribution < -0.4 is 10.8 Å². The highest BCUT2D eigenvalue weighted by atomic mass is 127. The first kappa shape index (κ1) is 23.3.